The van der Waals surface area contributed by atoms with Crippen molar-refractivity contribution in [2.24, 2.45) is 0 Å². The molecule has 224 valence electrons. The third-order valence-corrected chi connectivity index (χ3v) is 9.16. The first kappa shape index (κ1) is 31.3. The predicted molar refractivity (Wildman–Crippen MR) is 167 cm³/mol. The van der Waals surface area contributed by atoms with E-state index in [0.717, 1.165) is 75.3 Å². The molecule has 0 bridgehead atoms. The number of carbonyl (C=O) groups excluding carboxylic acids is 2. The zero-order valence-corrected chi connectivity index (χ0v) is 25.8. The molecule has 0 radical (unpaired) electrons. The molecule has 1 unspecified atom stereocenters. The van der Waals surface area contributed by atoms with Gasteiger partial charge in [-0.3, -0.25) is 0 Å². The number of carbonyl (C=O) groups is 2. The molecule has 2 aliphatic carbocycles. The molecule has 0 saturated heterocycles. The number of aryl methyl sites for hydroxylation is 2. The summed E-state index contributed by atoms with van der Waals surface area (Å²) in [5, 5.41) is 0. The van der Waals surface area contributed by atoms with E-state index in [2.05, 4.69) is 38.1 Å². The van der Waals surface area contributed by atoms with E-state index < -0.39 is 6.10 Å². The van der Waals surface area contributed by atoms with Gasteiger partial charge in [-0.05, 0) is 105 Å². The first-order valence-corrected chi connectivity index (χ1v) is 16.6. The van der Waals surface area contributed by atoms with Gasteiger partial charge in [-0.1, -0.05) is 89.5 Å². The molecule has 4 heteroatoms. The van der Waals surface area contributed by atoms with Crippen molar-refractivity contribution in [3.63, 3.8) is 0 Å². The smallest absolute Gasteiger partial charge is 0.338 e. The van der Waals surface area contributed by atoms with Crippen LogP contribution in [-0.2, 0) is 22.3 Å². The quantitative estimate of drug-likeness (QED) is 0.229. The minimum Gasteiger partial charge on any atom is -0.458 e. The van der Waals surface area contributed by atoms with Crippen molar-refractivity contribution in [1.82, 2.24) is 0 Å². The summed E-state index contributed by atoms with van der Waals surface area (Å²) in [6.45, 7) is 6.29. The summed E-state index contributed by atoms with van der Waals surface area (Å²) in [7, 11) is 0. The second kappa shape index (κ2) is 16.1. The van der Waals surface area contributed by atoms with Crippen LogP contribution in [0, 0.1) is 0 Å². The van der Waals surface area contributed by atoms with Crippen LogP contribution in [0.3, 0.4) is 0 Å². The van der Waals surface area contributed by atoms with E-state index in [1.54, 1.807) is 0 Å². The molecule has 0 aromatic heterocycles. The fourth-order valence-electron chi connectivity index (χ4n) is 6.72. The first-order valence-electron chi connectivity index (χ1n) is 16.6. The Morgan fingerprint density at radius 3 is 1.63 bits per heavy atom. The lowest BCUT2D eigenvalue weighted by Crippen LogP contribution is -2.24. The van der Waals surface area contributed by atoms with Gasteiger partial charge in [0, 0.05) is 0 Å². The largest absolute Gasteiger partial charge is 0.458 e. The van der Waals surface area contributed by atoms with E-state index in [1.807, 2.05) is 19.1 Å². The van der Waals surface area contributed by atoms with Crippen LogP contribution in [0.15, 0.2) is 36.4 Å². The monoisotopic (exact) mass is 560 g/mol. The van der Waals surface area contributed by atoms with Crippen LogP contribution in [0.5, 0.6) is 0 Å². The van der Waals surface area contributed by atoms with Crippen molar-refractivity contribution < 1.29 is 19.1 Å². The number of rotatable bonds is 13. The lowest BCUT2D eigenvalue weighted by Gasteiger charge is -2.25. The third kappa shape index (κ3) is 8.93. The van der Waals surface area contributed by atoms with Gasteiger partial charge in [0.05, 0.1) is 11.1 Å². The Kier molecular flexibility index (Phi) is 12.3. The van der Waals surface area contributed by atoms with E-state index in [-0.39, 0.29) is 18.5 Å². The zero-order valence-electron chi connectivity index (χ0n) is 25.8. The molecular weight excluding hydrogens is 508 g/mol. The van der Waals surface area contributed by atoms with Crippen LogP contribution in [0.1, 0.15) is 165 Å². The highest BCUT2D eigenvalue weighted by Crippen LogP contribution is 2.37. The van der Waals surface area contributed by atoms with Crippen molar-refractivity contribution in [2.45, 2.75) is 141 Å². The number of ether oxygens (including phenoxy) is 2. The molecule has 4 rings (SSSR count). The highest BCUT2D eigenvalue weighted by molar-refractivity contribution is 5.92. The molecule has 2 fully saturated rings. The molecule has 2 aliphatic rings. The summed E-state index contributed by atoms with van der Waals surface area (Å²) in [5.74, 6) is 0.221. The molecule has 2 aromatic carbocycles. The van der Waals surface area contributed by atoms with E-state index in [9.17, 15) is 9.59 Å². The summed E-state index contributed by atoms with van der Waals surface area (Å²) in [6, 6.07) is 12.6. The van der Waals surface area contributed by atoms with Crippen LogP contribution in [0.25, 0.3) is 0 Å². The second-order valence-corrected chi connectivity index (χ2v) is 12.5. The van der Waals surface area contributed by atoms with E-state index >= 15 is 0 Å². The maximum absolute atomic E-state index is 13.4. The molecule has 4 nitrogen and oxygen atoms in total. The van der Waals surface area contributed by atoms with E-state index in [4.69, 9.17) is 9.47 Å². The van der Waals surface area contributed by atoms with Crippen LogP contribution in [0.2, 0.25) is 0 Å². The molecule has 1 atom stereocenters. The van der Waals surface area contributed by atoms with Crippen LogP contribution >= 0.6 is 0 Å². The molecule has 41 heavy (non-hydrogen) atoms. The molecule has 0 N–H and O–H groups in total. The summed E-state index contributed by atoms with van der Waals surface area (Å²) in [5.41, 5.74) is 6.26. The van der Waals surface area contributed by atoms with Crippen molar-refractivity contribution in [2.75, 3.05) is 6.61 Å². The van der Waals surface area contributed by atoms with Gasteiger partial charge in [-0.2, -0.15) is 0 Å². The molecule has 2 aromatic rings. The van der Waals surface area contributed by atoms with Gasteiger partial charge in [-0.25, -0.2) is 9.59 Å². The Bertz CT molecular complexity index is 1120. The average molecular weight is 561 g/mol. The fraction of sp³-hybridized carbons (Fsp3) is 0.622. The van der Waals surface area contributed by atoms with Crippen LogP contribution in [0.4, 0.5) is 0 Å². The van der Waals surface area contributed by atoms with Gasteiger partial charge in [0.15, 0.2) is 0 Å². The number of esters is 2. The molecular formula is C37H52O4. The molecule has 0 amide bonds. The summed E-state index contributed by atoms with van der Waals surface area (Å²) in [4.78, 5) is 26.7. The minimum absolute atomic E-state index is 0.0552. The van der Waals surface area contributed by atoms with Crippen molar-refractivity contribution in [1.29, 1.82) is 0 Å². The number of unbranched alkanes of at least 4 members (excludes halogenated alkanes) is 2. The van der Waals surface area contributed by atoms with Crippen LogP contribution in [-0.4, -0.2) is 24.6 Å². The van der Waals surface area contributed by atoms with Gasteiger partial charge in [0.1, 0.15) is 12.7 Å². The third-order valence-electron chi connectivity index (χ3n) is 9.16. The van der Waals surface area contributed by atoms with Crippen molar-refractivity contribution in [3.05, 3.63) is 69.8 Å². The Labute approximate surface area is 248 Å². The molecule has 0 heterocycles. The Morgan fingerprint density at radius 1 is 0.707 bits per heavy atom. The highest BCUT2D eigenvalue weighted by atomic mass is 16.6. The SMILES string of the molecule is CCCCc1ccc(C(=O)OCC(C)OC(=O)c2ccc(CCCC)cc2C2CCCCC2)c(C2CCCCC2)c1. The summed E-state index contributed by atoms with van der Waals surface area (Å²) >= 11 is 0. The molecule has 2 saturated carbocycles. The average Bonchev–Trinajstić information content (AvgIpc) is 3.02. The van der Waals surface area contributed by atoms with Gasteiger partial charge in [-0.15, -0.1) is 0 Å². The van der Waals surface area contributed by atoms with Gasteiger partial charge < -0.3 is 9.47 Å². The highest BCUT2D eigenvalue weighted by Gasteiger charge is 2.26. The van der Waals surface area contributed by atoms with E-state index in [0.29, 0.717) is 23.0 Å². The van der Waals surface area contributed by atoms with E-state index in [1.165, 1.54) is 49.7 Å². The van der Waals surface area contributed by atoms with Crippen molar-refractivity contribution in [3.8, 4) is 0 Å². The standard InChI is InChI=1S/C37H52O4/c1-4-6-14-28-20-22-32(34(24-28)30-16-10-8-11-17-30)36(38)40-26-27(3)41-37(39)33-23-21-29(15-7-5-2)25-35(33)31-18-12-9-13-19-31/h20-25,27,30-31H,4-19,26H2,1-3H3. The number of hydrogen-bond donors (Lipinski definition) is 0. The molecule has 0 spiro atoms. The minimum atomic E-state index is -0.521. The normalized spacial score (nSPS) is 17.2. The Hall–Kier alpha value is -2.62. The van der Waals surface area contributed by atoms with Crippen LogP contribution < -0.4 is 0 Å². The molecule has 0 aliphatic heterocycles. The summed E-state index contributed by atoms with van der Waals surface area (Å²) < 4.78 is 11.6. The fourth-order valence-corrected chi connectivity index (χ4v) is 6.72. The Morgan fingerprint density at radius 2 is 1.17 bits per heavy atom. The second-order valence-electron chi connectivity index (χ2n) is 12.5. The maximum atomic E-state index is 13.4. The van der Waals surface area contributed by atoms with Gasteiger partial charge >= 0.3 is 11.9 Å². The lowest BCUT2D eigenvalue weighted by molar-refractivity contribution is 0.00426. The lowest BCUT2D eigenvalue weighted by atomic mass is 9.81. The Balaban J connectivity index is 1.41. The van der Waals surface area contributed by atoms with Gasteiger partial charge in [0.2, 0.25) is 0 Å². The topological polar surface area (TPSA) is 52.6 Å². The maximum Gasteiger partial charge on any atom is 0.338 e. The first-order chi connectivity index (χ1) is 20.0. The number of benzene rings is 2. The van der Waals surface area contributed by atoms with Crippen molar-refractivity contribution >= 4 is 11.9 Å². The zero-order chi connectivity index (χ0) is 29.0. The summed E-state index contributed by atoms with van der Waals surface area (Å²) in [6.07, 6.45) is 18.1. The number of hydrogen-bond acceptors (Lipinski definition) is 4. The van der Waals surface area contributed by atoms with Gasteiger partial charge in [0.25, 0.3) is 0 Å². The predicted octanol–water partition coefficient (Wildman–Crippen LogP) is 9.87.